The molecule has 4 nitrogen and oxygen atoms in total. The number of amides is 2. The van der Waals surface area contributed by atoms with E-state index in [4.69, 9.17) is 0 Å². The molecule has 0 saturated carbocycles. The van der Waals surface area contributed by atoms with Gasteiger partial charge in [-0.2, -0.15) is 0 Å². The van der Waals surface area contributed by atoms with Crippen LogP contribution in [0.2, 0.25) is 0 Å². The first-order valence-electron chi connectivity index (χ1n) is 7.29. The molecule has 116 valence electrons. The van der Waals surface area contributed by atoms with Crippen LogP contribution in [-0.4, -0.2) is 23.9 Å². The third-order valence-electron chi connectivity index (χ3n) is 3.22. The summed E-state index contributed by atoms with van der Waals surface area (Å²) in [6, 6.07) is 9.42. The summed E-state index contributed by atoms with van der Waals surface area (Å²) in [6.07, 6.45) is 0. The Hall–Kier alpha value is -1.84. The average Bonchev–Trinajstić information content (AvgIpc) is 2.38. The van der Waals surface area contributed by atoms with Crippen LogP contribution in [0.25, 0.3) is 0 Å². The van der Waals surface area contributed by atoms with Crippen LogP contribution in [0, 0.1) is 5.41 Å². The normalized spacial score (nSPS) is 11.9. The largest absolute Gasteiger partial charge is 0.351 e. The Labute approximate surface area is 127 Å². The molecule has 4 heteroatoms. The van der Waals surface area contributed by atoms with E-state index in [-0.39, 0.29) is 17.4 Å². The minimum atomic E-state index is -1.11. The van der Waals surface area contributed by atoms with Crippen molar-refractivity contribution >= 4 is 17.5 Å². The second-order valence-electron chi connectivity index (χ2n) is 6.71. The molecule has 0 radical (unpaired) electrons. The second-order valence-corrected chi connectivity index (χ2v) is 6.71. The SMILES string of the molecule is CCN(C(=O)C(C)(C)C(=O)NC(C)(C)C)c1ccccc1. The third kappa shape index (κ3) is 4.31. The molecule has 2 amide bonds. The number of hydrogen-bond donors (Lipinski definition) is 1. The first-order valence-corrected chi connectivity index (χ1v) is 7.29. The van der Waals surface area contributed by atoms with Gasteiger partial charge in [-0.05, 0) is 53.7 Å². The molecule has 0 spiro atoms. The Bertz CT molecular complexity index is 501. The van der Waals surface area contributed by atoms with Crippen molar-refractivity contribution in [1.82, 2.24) is 5.32 Å². The van der Waals surface area contributed by atoms with E-state index in [1.807, 2.05) is 58.0 Å². The first kappa shape index (κ1) is 17.2. The van der Waals surface area contributed by atoms with Gasteiger partial charge in [-0.3, -0.25) is 9.59 Å². The van der Waals surface area contributed by atoms with Crippen molar-refractivity contribution < 1.29 is 9.59 Å². The molecule has 0 heterocycles. The van der Waals surface area contributed by atoms with Gasteiger partial charge in [0.1, 0.15) is 5.41 Å². The predicted molar refractivity (Wildman–Crippen MR) is 86.1 cm³/mol. The number of rotatable bonds is 4. The zero-order chi connectivity index (χ0) is 16.3. The fraction of sp³-hybridized carbons (Fsp3) is 0.529. The van der Waals surface area contributed by atoms with Crippen LogP contribution in [-0.2, 0) is 9.59 Å². The Morgan fingerprint density at radius 3 is 2.00 bits per heavy atom. The molecule has 0 aliphatic heterocycles. The third-order valence-corrected chi connectivity index (χ3v) is 3.22. The molecule has 0 aliphatic carbocycles. The van der Waals surface area contributed by atoms with Crippen LogP contribution in [0.5, 0.6) is 0 Å². The molecular weight excluding hydrogens is 264 g/mol. The lowest BCUT2D eigenvalue weighted by atomic mass is 9.88. The van der Waals surface area contributed by atoms with Crippen LogP contribution in [0.1, 0.15) is 41.5 Å². The lowest BCUT2D eigenvalue weighted by molar-refractivity contribution is -0.140. The topological polar surface area (TPSA) is 49.4 Å². The molecule has 21 heavy (non-hydrogen) atoms. The number of carbonyl (C=O) groups is 2. The molecule has 0 fully saturated rings. The molecule has 0 aromatic heterocycles. The lowest BCUT2D eigenvalue weighted by Gasteiger charge is -2.33. The summed E-state index contributed by atoms with van der Waals surface area (Å²) in [5.41, 5.74) is -0.668. The Kier molecular flexibility index (Phi) is 5.15. The van der Waals surface area contributed by atoms with Gasteiger partial charge >= 0.3 is 0 Å². The van der Waals surface area contributed by atoms with E-state index in [0.717, 1.165) is 5.69 Å². The van der Waals surface area contributed by atoms with E-state index in [0.29, 0.717) is 6.54 Å². The molecule has 1 N–H and O–H groups in total. The fourth-order valence-electron chi connectivity index (χ4n) is 1.98. The summed E-state index contributed by atoms with van der Waals surface area (Å²) in [7, 11) is 0. The Balaban J connectivity index is 3.01. The highest BCUT2D eigenvalue weighted by atomic mass is 16.2. The van der Waals surface area contributed by atoms with Crippen molar-refractivity contribution in [3.05, 3.63) is 30.3 Å². The van der Waals surface area contributed by atoms with Gasteiger partial charge in [0, 0.05) is 17.8 Å². The van der Waals surface area contributed by atoms with Crippen molar-refractivity contribution in [3.8, 4) is 0 Å². The minimum absolute atomic E-state index is 0.196. The summed E-state index contributed by atoms with van der Waals surface area (Å²) in [6.45, 7) is 11.5. The zero-order valence-electron chi connectivity index (χ0n) is 13.9. The molecule has 1 aromatic carbocycles. The molecule has 0 aliphatic rings. The monoisotopic (exact) mass is 290 g/mol. The number of anilines is 1. The molecule has 1 rings (SSSR count). The first-order chi connectivity index (χ1) is 9.59. The zero-order valence-corrected chi connectivity index (χ0v) is 13.9. The molecule has 0 saturated heterocycles. The highest BCUT2D eigenvalue weighted by Gasteiger charge is 2.40. The molecular formula is C17H26N2O2. The summed E-state index contributed by atoms with van der Waals surface area (Å²) < 4.78 is 0. The van der Waals surface area contributed by atoms with Crippen LogP contribution >= 0.6 is 0 Å². The van der Waals surface area contributed by atoms with Gasteiger partial charge in [0.05, 0.1) is 0 Å². The molecule has 0 bridgehead atoms. The van der Waals surface area contributed by atoms with Gasteiger partial charge < -0.3 is 10.2 Å². The molecule has 1 aromatic rings. The summed E-state index contributed by atoms with van der Waals surface area (Å²) in [4.78, 5) is 26.8. The lowest BCUT2D eigenvalue weighted by Crippen LogP contribution is -2.53. The van der Waals surface area contributed by atoms with E-state index in [9.17, 15) is 9.59 Å². The van der Waals surface area contributed by atoms with Gasteiger partial charge in [0.25, 0.3) is 0 Å². The Morgan fingerprint density at radius 2 is 1.57 bits per heavy atom. The van der Waals surface area contributed by atoms with E-state index in [1.54, 1.807) is 18.7 Å². The summed E-state index contributed by atoms with van der Waals surface area (Å²) in [5.74, 6) is -0.452. The molecule has 0 unspecified atom stereocenters. The van der Waals surface area contributed by atoms with Crippen molar-refractivity contribution in [3.63, 3.8) is 0 Å². The smallest absolute Gasteiger partial charge is 0.242 e. The van der Waals surface area contributed by atoms with Gasteiger partial charge in [-0.15, -0.1) is 0 Å². The number of nitrogens with zero attached hydrogens (tertiary/aromatic N) is 1. The van der Waals surface area contributed by atoms with Gasteiger partial charge in [-0.25, -0.2) is 0 Å². The van der Waals surface area contributed by atoms with E-state index in [1.165, 1.54) is 0 Å². The number of carbonyl (C=O) groups excluding carboxylic acids is 2. The second kappa shape index (κ2) is 6.29. The van der Waals surface area contributed by atoms with Crippen molar-refractivity contribution in [2.24, 2.45) is 5.41 Å². The van der Waals surface area contributed by atoms with E-state index in [2.05, 4.69) is 5.32 Å². The maximum atomic E-state index is 12.8. The summed E-state index contributed by atoms with van der Waals surface area (Å²) >= 11 is 0. The van der Waals surface area contributed by atoms with Crippen molar-refractivity contribution in [1.29, 1.82) is 0 Å². The average molecular weight is 290 g/mol. The van der Waals surface area contributed by atoms with Gasteiger partial charge in [0.2, 0.25) is 11.8 Å². The number of nitrogens with one attached hydrogen (secondary N) is 1. The van der Waals surface area contributed by atoms with Gasteiger partial charge in [0.15, 0.2) is 0 Å². The number of benzene rings is 1. The van der Waals surface area contributed by atoms with E-state index >= 15 is 0 Å². The fourth-order valence-corrected chi connectivity index (χ4v) is 1.98. The Morgan fingerprint density at radius 1 is 1.05 bits per heavy atom. The highest BCUT2D eigenvalue weighted by Crippen LogP contribution is 2.24. The minimum Gasteiger partial charge on any atom is -0.351 e. The summed E-state index contributed by atoms with van der Waals surface area (Å²) in [5, 5.41) is 2.88. The standard InChI is InChI=1S/C17H26N2O2/c1-7-19(13-11-9-8-10-12-13)15(21)17(5,6)14(20)18-16(2,3)4/h8-12H,7H2,1-6H3,(H,18,20). The number of para-hydroxylation sites is 1. The highest BCUT2D eigenvalue weighted by molar-refractivity contribution is 6.11. The van der Waals surface area contributed by atoms with Crippen LogP contribution in [0.4, 0.5) is 5.69 Å². The van der Waals surface area contributed by atoms with Gasteiger partial charge in [-0.1, -0.05) is 18.2 Å². The number of hydrogen-bond acceptors (Lipinski definition) is 2. The quantitative estimate of drug-likeness (QED) is 0.867. The maximum absolute atomic E-state index is 12.8. The predicted octanol–water partition coefficient (Wildman–Crippen LogP) is 2.98. The van der Waals surface area contributed by atoms with E-state index < -0.39 is 5.41 Å². The maximum Gasteiger partial charge on any atom is 0.242 e. The van der Waals surface area contributed by atoms with Crippen LogP contribution in [0.15, 0.2) is 30.3 Å². The van der Waals surface area contributed by atoms with Crippen molar-refractivity contribution in [2.45, 2.75) is 47.1 Å². The van der Waals surface area contributed by atoms with Crippen LogP contribution in [0.3, 0.4) is 0 Å². The molecule has 0 atom stereocenters. The van der Waals surface area contributed by atoms with Crippen LogP contribution < -0.4 is 10.2 Å². The van der Waals surface area contributed by atoms with Crippen molar-refractivity contribution in [2.75, 3.05) is 11.4 Å².